The van der Waals surface area contributed by atoms with Gasteiger partial charge in [-0.2, -0.15) is 0 Å². The number of likely N-dealkylation sites (N-methyl/N-ethyl adjacent to an activating group) is 1. The molecule has 2 aliphatic carbocycles. The van der Waals surface area contributed by atoms with Gasteiger partial charge >= 0.3 is 0 Å². The van der Waals surface area contributed by atoms with Crippen molar-refractivity contribution < 1.29 is 14.3 Å². The Morgan fingerprint density at radius 1 is 1.23 bits per heavy atom. The van der Waals surface area contributed by atoms with E-state index in [0.29, 0.717) is 18.3 Å². The lowest BCUT2D eigenvalue weighted by molar-refractivity contribution is -0.133. The van der Waals surface area contributed by atoms with Crippen LogP contribution in [0.1, 0.15) is 38.5 Å². The average molecular weight is 415 g/mol. The third-order valence-electron chi connectivity index (χ3n) is 6.63. The van der Waals surface area contributed by atoms with Gasteiger partial charge in [0.05, 0.1) is 25.9 Å². The predicted octanol–water partition coefficient (Wildman–Crippen LogP) is 2.21. The van der Waals surface area contributed by atoms with Crippen molar-refractivity contribution in [1.82, 2.24) is 9.80 Å². The fourth-order valence-electron chi connectivity index (χ4n) is 4.89. The lowest BCUT2D eigenvalue weighted by Crippen LogP contribution is -2.47. The van der Waals surface area contributed by atoms with Gasteiger partial charge < -0.3 is 20.1 Å². The van der Waals surface area contributed by atoms with Gasteiger partial charge in [0.15, 0.2) is 11.5 Å². The molecule has 1 saturated carbocycles. The van der Waals surface area contributed by atoms with Crippen molar-refractivity contribution in [3.8, 4) is 0 Å². The van der Waals surface area contributed by atoms with Gasteiger partial charge in [0.25, 0.3) is 5.91 Å². The topological polar surface area (TPSA) is 80.4 Å². The Balaban J connectivity index is 1.48. The lowest BCUT2D eigenvalue weighted by Gasteiger charge is -2.32. The molecule has 2 fully saturated rings. The van der Waals surface area contributed by atoms with Gasteiger partial charge in [-0.05, 0) is 24.5 Å². The molecule has 4 rings (SSSR count). The van der Waals surface area contributed by atoms with Gasteiger partial charge in [0, 0.05) is 25.8 Å². The zero-order valence-electron chi connectivity index (χ0n) is 18.0. The van der Waals surface area contributed by atoms with Crippen molar-refractivity contribution >= 4 is 11.9 Å². The minimum absolute atomic E-state index is 0.0429. The summed E-state index contributed by atoms with van der Waals surface area (Å²) in [5.74, 6) is 0.751. The van der Waals surface area contributed by atoms with Crippen LogP contribution in [0.4, 0.5) is 0 Å². The Labute approximate surface area is 179 Å². The van der Waals surface area contributed by atoms with Gasteiger partial charge in [0.1, 0.15) is 0 Å². The number of morpholine rings is 1. The van der Waals surface area contributed by atoms with Crippen LogP contribution in [-0.4, -0.2) is 73.3 Å². The van der Waals surface area contributed by atoms with E-state index in [1.54, 1.807) is 7.05 Å². The largest absolute Gasteiger partial charge is 0.378 e. The lowest BCUT2D eigenvalue weighted by atomic mass is 9.79. The third kappa shape index (κ3) is 4.62. The number of hydrogen-bond acceptors (Lipinski definition) is 6. The summed E-state index contributed by atoms with van der Waals surface area (Å²) in [6.45, 7) is 3.47. The van der Waals surface area contributed by atoms with E-state index in [1.807, 2.05) is 18.2 Å². The number of nitrogens with two attached hydrogens (primary N) is 1. The molecule has 30 heavy (non-hydrogen) atoms. The molecule has 0 aromatic heterocycles. The molecule has 2 heterocycles. The van der Waals surface area contributed by atoms with Gasteiger partial charge in [-0.15, -0.1) is 0 Å². The van der Waals surface area contributed by atoms with Crippen LogP contribution in [0, 0.1) is 5.92 Å². The first-order chi connectivity index (χ1) is 14.6. The van der Waals surface area contributed by atoms with Crippen molar-refractivity contribution in [1.29, 1.82) is 0 Å². The number of amides is 1. The Bertz CT molecular complexity index is 748. The normalized spacial score (nSPS) is 30.4. The summed E-state index contributed by atoms with van der Waals surface area (Å²) in [7, 11) is 1.70. The molecule has 7 nitrogen and oxygen atoms in total. The van der Waals surface area contributed by atoms with Gasteiger partial charge in [-0.1, -0.05) is 50.3 Å². The highest BCUT2D eigenvalue weighted by molar-refractivity contribution is 6.06. The molecule has 4 aliphatic rings. The van der Waals surface area contributed by atoms with Crippen LogP contribution >= 0.6 is 0 Å². The van der Waals surface area contributed by atoms with Crippen LogP contribution in [0.2, 0.25) is 0 Å². The monoisotopic (exact) mass is 414 g/mol. The Morgan fingerprint density at radius 2 is 2.00 bits per heavy atom. The van der Waals surface area contributed by atoms with E-state index in [4.69, 9.17) is 15.2 Å². The molecule has 0 bridgehead atoms. The van der Waals surface area contributed by atoms with Crippen LogP contribution in [0.15, 0.2) is 41.1 Å². The maximum atomic E-state index is 13.1. The molecule has 0 spiro atoms. The van der Waals surface area contributed by atoms with Gasteiger partial charge in [-0.25, -0.2) is 4.99 Å². The summed E-state index contributed by atoms with van der Waals surface area (Å²) >= 11 is 0. The molecule has 0 aromatic rings. The van der Waals surface area contributed by atoms with E-state index in [2.05, 4.69) is 22.0 Å². The molecule has 7 heteroatoms. The van der Waals surface area contributed by atoms with E-state index in [-0.39, 0.29) is 18.6 Å². The molecule has 164 valence electrons. The zero-order chi connectivity index (χ0) is 21.0. The van der Waals surface area contributed by atoms with E-state index in [1.165, 1.54) is 24.2 Å². The summed E-state index contributed by atoms with van der Waals surface area (Å²) in [6.07, 6.45) is 16.8. The first-order valence-corrected chi connectivity index (χ1v) is 11.2. The molecule has 2 aliphatic heterocycles. The second-order valence-electron chi connectivity index (χ2n) is 8.78. The Morgan fingerprint density at radius 3 is 2.70 bits per heavy atom. The van der Waals surface area contributed by atoms with Crippen LogP contribution in [0.5, 0.6) is 0 Å². The van der Waals surface area contributed by atoms with Crippen LogP contribution in [0.3, 0.4) is 0 Å². The number of nitrogens with zero attached hydrogens (tertiary/aromatic N) is 3. The first kappa shape index (κ1) is 21.1. The number of carbonyl (C=O) groups is 1. The molecule has 2 unspecified atom stereocenters. The van der Waals surface area contributed by atoms with Crippen LogP contribution in [-0.2, 0) is 14.3 Å². The summed E-state index contributed by atoms with van der Waals surface area (Å²) < 4.78 is 11.8. The molecule has 2 N–H and O–H groups in total. The van der Waals surface area contributed by atoms with Crippen molar-refractivity contribution in [3.05, 3.63) is 36.1 Å². The number of aliphatic imine (C=N–C) groups is 1. The molecular weight excluding hydrogens is 380 g/mol. The van der Waals surface area contributed by atoms with Gasteiger partial charge in [0.2, 0.25) is 0 Å². The highest BCUT2D eigenvalue weighted by Crippen LogP contribution is 2.36. The number of ether oxygens (including phenoxy) is 2. The summed E-state index contributed by atoms with van der Waals surface area (Å²) in [6, 6.07) is 0. The SMILES string of the molecule is CN1C(=O)C(COC2C=CC=CC(N3CCOCC3)=C2)(CC2CCCCC2)N=C1N. The van der Waals surface area contributed by atoms with Gasteiger partial charge in [-0.3, -0.25) is 9.69 Å². The number of allylic oxidation sites excluding steroid dienone is 3. The number of hydrogen-bond donors (Lipinski definition) is 1. The summed E-state index contributed by atoms with van der Waals surface area (Å²) in [5, 5.41) is 0. The highest BCUT2D eigenvalue weighted by Gasteiger charge is 2.48. The molecule has 0 aromatic carbocycles. The zero-order valence-corrected chi connectivity index (χ0v) is 18.0. The van der Waals surface area contributed by atoms with Crippen LogP contribution in [0.25, 0.3) is 0 Å². The van der Waals surface area contributed by atoms with E-state index in [0.717, 1.165) is 44.8 Å². The van der Waals surface area contributed by atoms with Crippen molar-refractivity contribution in [2.45, 2.75) is 50.2 Å². The van der Waals surface area contributed by atoms with E-state index >= 15 is 0 Å². The first-order valence-electron chi connectivity index (χ1n) is 11.2. The number of carbonyl (C=O) groups excluding carboxylic acids is 1. The summed E-state index contributed by atoms with van der Waals surface area (Å²) in [5.41, 5.74) is 6.28. The fourth-order valence-corrected chi connectivity index (χ4v) is 4.89. The quantitative estimate of drug-likeness (QED) is 0.721. The van der Waals surface area contributed by atoms with Crippen molar-refractivity contribution in [2.75, 3.05) is 40.0 Å². The van der Waals surface area contributed by atoms with Crippen molar-refractivity contribution in [3.63, 3.8) is 0 Å². The second-order valence-corrected chi connectivity index (χ2v) is 8.78. The standard InChI is InChI=1S/C23H34N4O3/c1-26-21(28)23(25-22(26)24,16-18-7-3-2-4-8-18)17-30-20-10-6-5-9-19(15-20)27-11-13-29-14-12-27/h5-6,9-10,15,18,20H,2-4,7-8,11-14,16-17H2,1H3,(H2,24,25). The number of rotatable bonds is 6. The molecule has 1 amide bonds. The minimum atomic E-state index is -0.901. The molecule has 1 saturated heterocycles. The third-order valence-corrected chi connectivity index (χ3v) is 6.63. The van der Waals surface area contributed by atoms with E-state index < -0.39 is 5.54 Å². The Hall–Kier alpha value is -2.12. The number of guanidine groups is 1. The molecular formula is C23H34N4O3. The maximum absolute atomic E-state index is 13.1. The second kappa shape index (κ2) is 9.35. The highest BCUT2D eigenvalue weighted by atomic mass is 16.5. The van der Waals surface area contributed by atoms with Crippen LogP contribution < -0.4 is 5.73 Å². The smallest absolute Gasteiger partial charge is 0.259 e. The average Bonchev–Trinajstić information content (AvgIpc) is 2.95. The maximum Gasteiger partial charge on any atom is 0.259 e. The van der Waals surface area contributed by atoms with E-state index in [9.17, 15) is 4.79 Å². The molecule has 2 atom stereocenters. The Kier molecular flexibility index (Phi) is 6.58. The minimum Gasteiger partial charge on any atom is -0.378 e. The molecule has 0 radical (unpaired) electrons. The summed E-state index contributed by atoms with van der Waals surface area (Å²) in [4.78, 5) is 21.6. The van der Waals surface area contributed by atoms with Crippen molar-refractivity contribution in [2.24, 2.45) is 16.6 Å². The fraction of sp³-hybridized carbons (Fsp3) is 0.652. The predicted molar refractivity (Wildman–Crippen MR) is 117 cm³/mol.